The number of halogens is 1. The monoisotopic (exact) mass is 296 g/mol. The molecule has 0 saturated carbocycles. The van der Waals surface area contributed by atoms with Crippen molar-refractivity contribution in [3.05, 3.63) is 44.9 Å². The minimum atomic E-state index is 0.631. The zero-order valence-electron chi connectivity index (χ0n) is 9.03. The van der Waals surface area contributed by atoms with Crippen LogP contribution in [0.2, 0.25) is 0 Å². The van der Waals surface area contributed by atoms with E-state index in [-0.39, 0.29) is 0 Å². The molecule has 2 aromatic rings. The van der Waals surface area contributed by atoms with E-state index in [0.29, 0.717) is 5.13 Å². The lowest BCUT2D eigenvalue weighted by molar-refractivity contribution is 0.958. The van der Waals surface area contributed by atoms with Crippen LogP contribution in [0.5, 0.6) is 0 Å². The van der Waals surface area contributed by atoms with Crippen molar-refractivity contribution < 1.29 is 0 Å². The first kappa shape index (κ1) is 11.6. The molecule has 4 heteroatoms. The van der Waals surface area contributed by atoms with Gasteiger partial charge in [-0.25, -0.2) is 4.98 Å². The van der Waals surface area contributed by atoms with Crippen LogP contribution in [0.15, 0.2) is 28.9 Å². The number of nitrogens with two attached hydrogens (primary N) is 1. The molecule has 0 aliphatic rings. The third kappa shape index (κ3) is 2.62. The van der Waals surface area contributed by atoms with Crippen molar-refractivity contribution in [1.82, 2.24) is 4.98 Å². The molecule has 0 unspecified atom stereocenters. The number of rotatable bonds is 3. The predicted octanol–water partition coefficient (Wildman–Crippen LogP) is 3.58. The Labute approximate surface area is 108 Å². The molecule has 0 aliphatic carbocycles. The van der Waals surface area contributed by atoms with Gasteiger partial charge in [-0.15, -0.1) is 11.3 Å². The SMILES string of the molecule is Cc1ccccc1CCc1sc(N)nc1Br. The second-order valence-corrected chi connectivity index (χ2v) is 5.56. The Hall–Kier alpha value is -0.870. The molecule has 0 saturated heterocycles. The zero-order valence-corrected chi connectivity index (χ0v) is 11.4. The summed E-state index contributed by atoms with van der Waals surface area (Å²) in [6.07, 6.45) is 2.02. The van der Waals surface area contributed by atoms with Crippen molar-refractivity contribution in [2.24, 2.45) is 0 Å². The van der Waals surface area contributed by atoms with Gasteiger partial charge in [0.05, 0.1) is 0 Å². The Kier molecular flexibility index (Phi) is 3.61. The second kappa shape index (κ2) is 4.97. The Morgan fingerprint density at radius 1 is 1.31 bits per heavy atom. The third-order valence-corrected chi connectivity index (χ3v) is 4.41. The highest BCUT2D eigenvalue weighted by molar-refractivity contribution is 9.10. The van der Waals surface area contributed by atoms with Gasteiger partial charge in [-0.1, -0.05) is 24.3 Å². The average molecular weight is 297 g/mol. The largest absolute Gasteiger partial charge is 0.375 e. The number of nitrogens with zero attached hydrogens (tertiary/aromatic N) is 1. The second-order valence-electron chi connectivity index (χ2n) is 3.69. The fourth-order valence-electron chi connectivity index (χ4n) is 1.64. The number of anilines is 1. The Balaban J connectivity index is 2.08. The van der Waals surface area contributed by atoms with Crippen LogP contribution in [-0.4, -0.2) is 4.98 Å². The predicted molar refractivity (Wildman–Crippen MR) is 72.8 cm³/mol. The number of nitrogen functional groups attached to an aromatic ring is 1. The molecule has 0 aliphatic heterocycles. The van der Waals surface area contributed by atoms with E-state index in [9.17, 15) is 0 Å². The molecule has 16 heavy (non-hydrogen) atoms. The summed E-state index contributed by atoms with van der Waals surface area (Å²) in [6.45, 7) is 2.14. The topological polar surface area (TPSA) is 38.9 Å². The van der Waals surface area contributed by atoms with E-state index in [2.05, 4.69) is 52.1 Å². The summed E-state index contributed by atoms with van der Waals surface area (Å²) in [7, 11) is 0. The minimum absolute atomic E-state index is 0.631. The maximum atomic E-state index is 5.66. The van der Waals surface area contributed by atoms with E-state index >= 15 is 0 Å². The van der Waals surface area contributed by atoms with Gasteiger partial charge in [-0.3, -0.25) is 0 Å². The van der Waals surface area contributed by atoms with Crippen LogP contribution in [-0.2, 0) is 12.8 Å². The Morgan fingerprint density at radius 3 is 2.69 bits per heavy atom. The number of hydrogen-bond acceptors (Lipinski definition) is 3. The molecule has 0 radical (unpaired) electrons. The van der Waals surface area contributed by atoms with Crippen molar-refractivity contribution >= 4 is 32.4 Å². The van der Waals surface area contributed by atoms with E-state index in [1.165, 1.54) is 16.0 Å². The summed E-state index contributed by atoms with van der Waals surface area (Å²) < 4.78 is 0.892. The first-order chi connectivity index (χ1) is 7.66. The van der Waals surface area contributed by atoms with Crippen LogP contribution in [0.3, 0.4) is 0 Å². The molecule has 2 rings (SSSR count). The fourth-order valence-corrected chi connectivity index (χ4v) is 3.12. The number of aryl methyl sites for hydroxylation is 3. The number of thiazole rings is 1. The third-order valence-electron chi connectivity index (χ3n) is 2.55. The first-order valence-corrected chi connectivity index (χ1v) is 6.73. The molecule has 84 valence electrons. The highest BCUT2D eigenvalue weighted by atomic mass is 79.9. The molecule has 0 amide bonds. The normalized spacial score (nSPS) is 10.6. The molecule has 1 aromatic heterocycles. The zero-order chi connectivity index (χ0) is 11.5. The van der Waals surface area contributed by atoms with E-state index in [4.69, 9.17) is 5.73 Å². The molecule has 0 spiro atoms. The van der Waals surface area contributed by atoms with Gasteiger partial charge in [-0.2, -0.15) is 0 Å². The highest BCUT2D eigenvalue weighted by Gasteiger charge is 2.07. The quantitative estimate of drug-likeness (QED) is 0.940. The van der Waals surface area contributed by atoms with Gasteiger partial charge in [0.15, 0.2) is 5.13 Å². The Morgan fingerprint density at radius 2 is 2.06 bits per heavy atom. The van der Waals surface area contributed by atoms with E-state index in [1.807, 2.05) is 0 Å². The van der Waals surface area contributed by atoms with Gasteiger partial charge in [0.2, 0.25) is 0 Å². The molecule has 0 bridgehead atoms. The first-order valence-electron chi connectivity index (χ1n) is 5.12. The summed E-state index contributed by atoms with van der Waals surface area (Å²) in [4.78, 5) is 5.38. The number of benzene rings is 1. The van der Waals surface area contributed by atoms with Crippen LogP contribution < -0.4 is 5.73 Å². The minimum Gasteiger partial charge on any atom is -0.375 e. The lowest BCUT2D eigenvalue weighted by Gasteiger charge is -2.03. The van der Waals surface area contributed by atoms with Crippen molar-refractivity contribution in [3.63, 3.8) is 0 Å². The summed E-state index contributed by atoms with van der Waals surface area (Å²) in [6, 6.07) is 8.47. The molecular weight excluding hydrogens is 284 g/mol. The van der Waals surface area contributed by atoms with Gasteiger partial charge in [0, 0.05) is 4.88 Å². The van der Waals surface area contributed by atoms with Crippen LogP contribution in [0, 0.1) is 6.92 Å². The smallest absolute Gasteiger partial charge is 0.181 e. The van der Waals surface area contributed by atoms with Crippen molar-refractivity contribution in [2.75, 3.05) is 5.73 Å². The molecule has 0 fully saturated rings. The van der Waals surface area contributed by atoms with Crippen molar-refractivity contribution in [1.29, 1.82) is 0 Å². The van der Waals surface area contributed by atoms with Gasteiger partial charge in [0.25, 0.3) is 0 Å². The molecule has 2 N–H and O–H groups in total. The highest BCUT2D eigenvalue weighted by Crippen LogP contribution is 2.26. The average Bonchev–Trinajstić information content (AvgIpc) is 2.56. The summed E-state index contributed by atoms with van der Waals surface area (Å²) in [5.41, 5.74) is 8.39. The maximum absolute atomic E-state index is 5.66. The van der Waals surface area contributed by atoms with E-state index < -0.39 is 0 Å². The van der Waals surface area contributed by atoms with E-state index in [1.54, 1.807) is 11.3 Å². The van der Waals surface area contributed by atoms with Crippen LogP contribution in [0.1, 0.15) is 16.0 Å². The lowest BCUT2D eigenvalue weighted by atomic mass is 10.0. The fraction of sp³-hybridized carbons (Fsp3) is 0.250. The standard InChI is InChI=1S/C12H13BrN2S/c1-8-4-2-3-5-9(8)6-7-10-11(13)15-12(14)16-10/h2-5H,6-7H2,1H3,(H2,14,15). The molecule has 0 atom stereocenters. The summed E-state index contributed by atoms with van der Waals surface area (Å²) >= 11 is 4.99. The van der Waals surface area contributed by atoms with Crippen LogP contribution in [0.25, 0.3) is 0 Å². The van der Waals surface area contributed by atoms with E-state index in [0.717, 1.165) is 17.4 Å². The van der Waals surface area contributed by atoms with Crippen molar-refractivity contribution in [3.8, 4) is 0 Å². The van der Waals surface area contributed by atoms with Gasteiger partial charge in [-0.05, 0) is 46.8 Å². The summed E-state index contributed by atoms with van der Waals surface area (Å²) in [5, 5.41) is 0.631. The lowest BCUT2D eigenvalue weighted by Crippen LogP contribution is -1.92. The molecule has 1 aromatic carbocycles. The maximum Gasteiger partial charge on any atom is 0.181 e. The van der Waals surface area contributed by atoms with Crippen LogP contribution >= 0.6 is 27.3 Å². The Bertz CT molecular complexity index is 494. The van der Waals surface area contributed by atoms with Gasteiger partial charge in [0.1, 0.15) is 4.60 Å². The molecule has 1 heterocycles. The van der Waals surface area contributed by atoms with Gasteiger partial charge >= 0.3 is 0 Å². The number of hydrogen-bond donors (Lipinski definition) is 1. The van der Waals surface area contributed by atoms with Gasteiger partial charge < -0.3 is 5.73 Å². The summed E-state index contributed by atoms with van der Waals surface area (Å²) in [5.74, 6) is 0. The molecule has 2 nitrogen and oxygen atoms in total. The van der Waals surface area contributed by atoms with Crippen LogP contribution in [0.4, 0.5) is 5.13 Å². The number of aromatic nitrogens is 1. The molecular formula is C12H13BrN2S. The van der Waals surface area contributed by atoms with Crippen molar-refractivity contribution in [2.45, 2.75) is 19.8 Å².